The summed E-state index contributed by atoms with van der Waals surface area (Å²) in [6, 6.07) is 16.9. The van der Waals surface area contributed by atoms with E-state index in [0.717, 1.165) is 28.0 Å². The lowest BCUT2D eigenvalue weighted by Crippen LogP contribution is -2.23. The Hall–Kier alpha value is -3.43. The van der Waals surface area contributed by atoms with Gasteiger partial charge in [0, 0.05) is 12.2 Å². The zero-order chi connectivity index (χ0) is 20.1. The zero-order valence-electron chi connectivity index (χ0n) is 15.4. The molecular formula is C22H19N3O2S. The summed E-state index contributed by atoms with van der Waals surface area (Å²) < 4.78 is 1.62. The first kappa shape index (κ1) is 19.3. The van der Waals surface area contributed by atoms with Crippen molar-refractivity contribution in [1.29, 1.82) is 5.26 Å². The number of rotatable bonds is 6. The fourth-order valence-electron chi connectivity index (χ4n) is 2.77. The molecule has 28 heavy (non-hydrogen) atoms. The summed E-state index contributed by atoms with van der Waals surface area (Å²) in [6.45, 7) is 6.27. The van der Waals surface area contributed by atoms with Crippen LogP contribution in [0.1, 0.15) is 37.6 Å². The molecule has 3 rings (SSSR count). The van der Waals surface area contributed by atoms with Gasteiger partial charge in [0.15, 0.2) is 0 Å². The largest absolute Gasteiger partial charge is 0.347 e. The highest BCUT2D eigenvalue weighted by molar-refractivity contribution is 7.11. The van der Waals surface area contributed by atoms with Crippen LogP contribution in [0.3, 0.4) is 0 Å². The third-order valence-corrected chi connectivity index (χ3v) is 5.52. The van der Waals surface area contributed by atoms with Crippen LogP contribution in [0.4, 0.5) is 0 Å². The predicted molar refractivity (Wildman–Crippen MR) is 111 cm³/mol. The van der Waals surface area contributed by atoms with Gasteiger partial charge in [-0.3, -0.25) is 14.2 Å². The Kier molecular flexibility index (Phi) is 5.87. The number of thiazole rings is 1. The molecule has 1 aromatic heterocycles. The first-order valence-electron chi connectivity index (χ1n) is 8.70. The summed E-state index contributed by atoms with van der Waals surface area (Å²) >= 11 is 0.953. The normalized spacial score (nSPS) is 10.3. The molecule has 1 N–H and O–H groups in total. The molecule has 5 nitrogen and oxygen atoms in total. The number of nitriles is 1. The van der Waals surface area contributed by atoms with Crippen molar-refractivity contribution in [2.24, 2.45) is 0 Å². The van der Waals surface area contributed by atoms with E-state index in [1.54, 1.807) is 41.8 Å². The second-order valence-electron chi connectivity index (χ2n) is 6.31. The number of hydrogen-bond donors (Lipinski definition) is 1. The van der Waals surface area contributed by atoms with E-state index in [2.05, 4.69) is 18.0 Å². The number of amides is 1. The molecule has 0 unspecified atom stereocenters. The first-order valence-corrected chi connectivity index (χ1v) is 9.52. The van der Waals surface area contributed by atoms with E-state index in [9.17, 15) is 9.59 Å². The van der Waals surface area contributed by atoms with Crippen LogP contribution in [0.25, 0.3) is 6.08 Å². The van der Waals surface area contributed by atoms with Gasteiger partial charge in [0.25, 0.3) is 5.91 Å². The number of carbonyl (C=O) groups is 1. The molecular weight excluding hydrogens is 370 g/mol. The van der Waals surface area contributed by atoms with Crippen LogP contribution in [0.15, 0.2) is 59.9 Å². The molecule has 0 fully saturated rings. The monoisotopic (exact) mass is 389 g/mol. The minimum absolute atomic E-state index is 0.158. The van der Waals surface area contributed by atoms with Gasteiger partial charge in [0.05, 0.1) is 18.2 Å². The number of hydrogen-bond acceptors (Lipinski definition) is 4. The predicted octanol–water partition coefficient (Wildman–Crippen LogP) is 3.71. The van der Waals surface area contributed by atoms with Gasteiger partial charge < -0.3 is 5.32 Å². The van der Waals surface area contributed by atoms with Gasteiger partial charge in [-0.15, -0.1) is 0 Å². The van der Waals surface area contributed by atoms with Crippen LogP contribution in [-0.2, 0) is 13.1 Å². The highest BCUT2D eigenvalue weighted by atomic mass is 32.1. The Morgan fingerprint density at radius 1 is 1.18 bits per heavy atom. The molecule has 0 aliphatic rings. The van der Waals surface area contributed by atoms with E-state index < -0.39 is 0 Å². The topological polar surface area (TPSA) is 74.9 Å². The highest BCUT2D eigenvalue weighted by Crippen LogP contribution is 2.15. The lowest BCUT2D eigenvalue weighted by molar-refractivity contribution is 0.0954. The van der Waals surface area contributed by atoms with Crippen molar-refractivity contribution in [2.45, 2.75) is 20.0 Å². The van der Waals surface area contributed by atoms with Gasteiger partial charge in [-0.25, -0.2) is 0 Å². The third kappa shape index (κ3) is 4.27. The first-order chi connectivity index (χ1) is 13.5. The molecule has 3 aromatic rings. The van der Waals surface area contributed by atoms with Crippen LogP contribution in [0.2, 0.25) is 0 Å². The van der Waals surface area contributed by atoms with Crippen molar-refractivity contribution in [3.05, 3.63) is 97.6 Å². The Morgan fingerprint density at radius 3 is 2.43 bits per heavy atom. The summed E-state index contributed by atoms with van der Waals surface area (Å²) in [5.41, 5.74) is 4.11. The average molecular weight is 389 g/mol. The van der Waals surface area contributed by atoms with Crippen molar-refractivity contribution >= 4 is 23.3 Å². The van der Waals surface area contributed by atoms with Gasteiger partial charge in [0.1, 0.15) is 4.88 Å². The summed E-state index contributed by atoms with van der Waals surface area (Å²) in [7, 11) is 0. The van der Waals surface area contributed by atoms with Crippen LogP contribution >= 0.6 is 11.3 Å². The van der Waals surface area contributed by atoms with E-state index in [-0.39, 0.29) is 10.8 Å². The van der Waals surface area contributed by atoms with Gasteiger partial charge in [-0.1, -0.05) is 60.4 Å². The average Bonchev–Trinajstić information content (AvgIpc) is 3.01. The van der Waals surface area contributed by atoms with Crippen molar-refractivity contribution in [3.63, 3.8) is 0 Å². The molecule has 0 spiro atoms. The maximum absolute atomic E-state index is 12.5. The maximum atomic E-state index is 12.5. The SMILES string of the molecule is C=Cc1ccc(Cn2c(C)c(C(=O)NCc3ccc(C#N)cc3)sc2=O)cc1. The number of benzene rings is 2. The van der Waals surface area contributed by atoms with Crippen molar-refractivity contribution in [1.82, 2.24) is 9.88 Å². The fraction of sp³-hybridized carbons (Fsp3) is 0.136. The Bertz CT molecular complexity index is 1100. The van der Waals surface area contributed by atoms with Crippen LogP contribution < -0.4 is 10.2 Å². The van der Waals surface area contributed by atoms with E-state index in [1.807, 2.05) is 24.3 Å². The second-order valence-corrected chi connectivity index (χ2v) is 7.27. The highest BCUT2D eigenvalue weighted by Gasteiger charge is 2.17. The molecule has 140 valence electrons. The van der Waals surface area contributed by atoms with E-state index in [1.165, 1.54) is 0 Å². The van der Waals surface area contributed by atoms with Crippen molar-refractivity contribution in [2.75, 3.05) is 0 Å². The minimum Gasteiger partial charge on any atom is -0.347 e. The van der Waals surface area contributed by atoms with Gasteiger partial charge >= 0.3 is 4.87 Å². The van der Waals surface area contributed by atoms with Crippen LogP contribution in [-0.4, -0.2) is 10.5 Å². The molecule has 0 saturated heterocycles. The molecule has 0 bridgehead atoms. The molecule has 1 amide bonds. The molecule has 0 aliphatic carbocycles. The number of nitrogens with one attached hydrogen (secondary N) is 1. The summed E-state index contributed by atoms with van der Waals surface area (Å²) in [4.78, 5) is 25.2. The Balaban J connectivity index is 1.72. The van der Waals surface area contributed by atoms with Gasteiger partial charge in [-0.05, 0) is 35.7 Å². The lowest BCUT2D eigenvalue weighted by Gasteiger charge is -2.07. The lowest BCUT2D eigenvalue weighted by atomic mass is 10.1. The zero-order valence-corrected chi connectivity index (χ0v) is 16.3. The Labute approximate surface area is 167 Å². The summed E-state index contributed by atoms with van der Waals surface area (Å²) in [5, 5.41) is 11.7. The molecule has 0 aliphatic heterocycles. The Morgan fingerprint density at radius 2 is 1.82 bits per heavy atom. The van der Waals surface area contributed by atoms with Crippen LogP contribution in [0.5, 0.6) is 0 Å². The summed E-state index contributed by atoms with van der Waals surface area (Å²) in [6.07, 6.45) is 1.77. The van der Waals surface area contributed by atoms with E-state index in [4.69, 9.17) is 5.26 Å². The number of carbonyl (C=O) groups excluding carboxylic acids is 1. The van der Waals surface area contributed by atoms with Gasteiger partial charge in [0.2, 0.25) is 0 Å². The molecule has 1 heterocycles. The van der Waals surface area contributed by atoms with Crippen LogP contribution in [0, 0.1) is 18.3 Å². The molecule has 0 atom stereocenters. The van der Waals surface area contributed by atoms with E-state index in [0.29, 0.717) is 29.2 Å². The standard InChI is InChI=1S/C22H19N3O2S/c1-3-16-4-10-19(11-5-16)14-25-15(2)20(28-22(25)27)21(26)24-13-18-8-6-17(12-23)7-9-18/h3-11H,1,13-14H2,2H3,(H,24,26). The molecule has 2 aromatic carbocycles. The molecule has 0 saturated carbocycles. The van der Waals surface area contributed by atoms with E-state index >= 15 is 0 Å². The fourth-order valence-corrected chi connectivity index (χ4v) is 3.68. The minimum atomic E-state index is -0.273. The quantitative estimate of drug-likeness (QED) is 0.698. The summed E-state index contributed by atoms with van der Waals surface area (Å²) in [5.74, 6) is -0.273. The third-order valence-electron chi connectivity index (χ3n) is 4.44. The van der Waals surface area contributed by atoms with Crippen molar-refractivity contribution in [3.8, 4) is 6.07 Å². The maximum Gasteiger partial charge on any atom is 0.308 e. The second kappa shape index (κ2) is 8.51. The number of aromatic nitrogens is 1. The molecule has 6 heteroatoms. The molecule has 0 radical (unpaired) electrons. The van der Waals surface area contributed by atoms with Gasteiger partial charge in [-0.2, -0.15) is 5.26 Å². The van der Waals surface area contributed by atoms with Crippen molar-refractivity contribution < 1.29 is 4.79 Å². The smallest absolute Gasteiger partial charge is 0.308 e. The number of nitrogens with zero attached hydrogens (tertiary/aromatic N) is 2.